The fourth-order valence-corrected chi connectivity index (χ4v) is 4.75. The SMILES string of the molecule is CCCCCCCCC(CCCCCCC)N1CCC(CC)(COC)C1. The molecule has 2 atom stereocenters. The number of rotatable bonds is 17. The average Bonchev–Trinajstić information content (AvgIpc) is 3.07. The molecule has 0 aromatic heterocycles. The Bertz CT molecular complexity index is 319. The van der Waals surface area contributed by atoms with Gasteiger partial charge in [-0.15, -0.1) is 0 Å². The Hall–Kier alpha value is -0.0800. The summed E-state index contributed by atoms with van der Waals surface area (Å²) < 4.78 is 5.58. The van der Waals surface area contributed by atoms with Crippen molar-refractivity contribution in [2.45, 2.75) is 123 Å². The largest absolute Gasteiger partial charge is 0.384 e. The van der Waals surface area contributed by atoms with Crippen LogP contribution < -0.4 is 0 Å². The van der Waals surface area contributed by atoms with Crippen molar-refractivity contribution < 1.29 is 4.74 Å². The standard InChI is InChI=1S/C24H49NO/c1-5-8-10-12-14-16-18-23(17-15-13-11-9-6-2)25-20-19-24(7-3,21-25)22-26-4/h23H,5-22H2,1-4H3. The maximum atomic E-state index is 5.58. The van der Waals surface area contributed by atoms with E-state index in [-0.39, 0.29) is 0 Å². The number of unbranched alkanes of at least 4 members (excludes halogenated alkanes) is 9. The smallest absolute Gasteiger partial charge is 0.0531 e. The van der Waals surface area contributed by atoms with E-state index in [0.29, 0.717) is 5.41 Å². The van der Waals surface area contributed by atoms with E-state index in [1.165, 1.54) is 109 Å². The van der Waals surface area contributed by atoms with Crippen molar-refractivity contribution in [3.05, 3.63) is 0 Å². The highest BCUT2D eigenvalue weighted by Gasteiger charge is 2.38. The minimum atomic E-state index is 0.427. The van der Waals surface area contributed by atoms with Gasteiger partial charge >= 0.3 is 0 Å². The maximum Gasteiger partial charge on any atom is 0.0531 e. The van der Waals surface area contributed by atoms with Crippen LogP contribution in [0.2, 0.25) is 0 Å². The van der Waals surface area contributed by atoms with E-state index < -0.39 is 0 Å². The summed E-state index contributed by atoms with van der Waals surface area (Å²) in [5.74, 6) is 0. The van der Waals surface area contributed by atoms with Gasteiger partial charge in [-0.05, 0) is 32.2 Å². The predicted molar refractivity (Wildman–Crippen MR) is 116 cm³/mol. The first-order valence-electron chi connectivity index (χ1n) is 11.9. The Morgan fingerprint density at radius 1 is 0.808 bits per heavy atom. The molecule has 0 aromatic rings. The van der Waals surface area contributed by atoms with Gasteiger partial charge in [0.15, 0.2) is 0 Å². The van der Waals surface area contributed by atoms with Gasteiger partial charge in [-0.3, -0.25) is 4.90 Å². The van der Waals surface area contributed by atoms with Crippen molar-refractivity contribution in [2.75, 3.05) is 26.8 Å². The minimum absolute atomic E-state index is 0.427. The molecule has 1 fully saturated rings. The van der Waals surface area contributed by atoms with Crippen LogP contribution in [0.1, 0.15) is 117 Å². The lowest BCUT2D eigenvalue weighted by molar-refractivity contribution is 0.0734. The number of methoxy groups -OCH3 is 1. The van der Waals surface area contributed by atoms with Crippen molar-refractivity contribution in [3.63, 3.8) is 0 Å². The van der Waals surface area contributed by atoms with Crippen LogP contribution in [-0.2, 0) is 4.74 Å². The first-order chi connectivity index (χ1) is 12.7. The van der Waals surface area contributed by atoms with E-state index in [4.69, 9.17) is 4.74 Å². The summed E-state index contributed by atoms with van der Waals surface area (Å²) in [5, 5.41) is 0. The van der Waals surface area contributed by atoms with Crippen molar-refractivity contribution in [1.29, 1.82) is 0 Å². The summed E-state index contributed by atoms with van der Waals surface area (Å²) in [4.78, 5) is 2.84. The van der Waals surface area contributed by atoms with Crippen molar-refractivity contribution in [2.24, 2.45) is 5.41 Å². The van der Waals surface area contributed by atoms with Gasteiger partial charge in [0.1, 0.15) is 0 Å². The Balaban J connectivity index is 2.43. The molecule has 1 aliphatic rings. The molecule has 1 heterocycles. The Morgan fingerprint density at radius 3 is 1.85 bits per heavy atom. The highest BCUT2D eigenvalue weighted by molar-refractivity contribution is 4.91. The van der Waals surface area contributed by atoms with Crippen LogP contribution in [0.15, 0.2) is 0 Å². The fraction of sp³-hybridized carbons (Fsp3) is 1.00. The van der Waals surface area contributed by atoms with E-state index in [0.717, 1.165) is 12.6 Å². The third kappa shape index (κ3) is 9.22. The molecule has 0 aromatic carbocycles. The molecule has 0 saturated carbocycles. The van der Waals surface area contributed by atoms with Crippen LogP contribution in [0.4, 0.5) is 0 Å². The molecule has 2 nitrogen and oxygen atoms in total. The molecule has 1 saturated heterocycles. The molecule has 0 N–H and O–H groups in total. The van der Waals surface area contributed by atoms with E-state index in [1.807, 2.05) is 7.11 Å². The van der Waals surface area contributed by atoms with E-state index in [9.17, 15) is 0 Å². The molecule has 0 spiro atoms. The van der Waals surface area contributed by atoms with Crippen LogP contribution in [0.25, 0.3) is 0 Å². The molecule has 26 heavy (non-hydrogen) atoms. The molecular weight excluding hydrogens is 318 g/mol. The molecular formula is C24H49NO. The van der Waals surface area contributed by atoms with E-state index >= 15 is 0 Å². The third-order valence-electron chi connectivity index (χ3n) is 6.72. The second-order valence-corrected chi connectivity index (χ2v) is 8.92. The highest BCUT2D eigenvalue weighted by atomic mass is 16.5. The lowest BCUT2D eigenvalue weighted by atomic mass is 9.85. The summed E-state index contributed by atoms with van der Waals surface area (Å²) in [7, 11) is 1.88. The lowest BCUT2D eigenvalue weighted by Crippen LogP contribution is -2.37. The second kappa shape index (κ2) is 14.9. The zero-order chi connectivity index (χ0) is 19.1. The van der Waals surface area contributed by atoms with Gasteiger partial charge in [-0.1, -0.05) is 91.4 Å². The Morgan fingerprint density at radius 2 is 1.35 bits per heavy atom. The van der Waals surface area contributed by atoms with Crippen molar-refractivity contribution in [1.82, 2.24) is 4.90 Å². The van der Waals surface area contributed by atoms with E-state index in [2.05, 4.69) is 25.7 Å². The fourth-order valence-electron chi connectivity index (χ4n) is 4.75. The summed E-state index contributed by atoms with van der Waals surface area (Å²) in [5.41, 5.74) is 0.427. The van der Waals surface area contributed by atoms with Gasteiger partial charge < -0.3 is 4.74 Å². The zero-order valence-electron chi connectivity index (χ0n) is 18.7. The molecule has 2 unspecified atom stereocenters. The van der Waals surface area contributed by atoms with Crippen LogP contribution in [0.5, 0.6) is 0 Å². The van der Waals surface area contributed by atoms with Crippen LogP contribution >= 0.6 is 0 Å². The first-order valence-corrected chi connectivity index (χ1v) is 11.9. The number of likely N-dealkylation sites (tertiary alicyclic amines) is 1. The number of nitrogens with zero attached hydrogens (tertiary/aromatic N) is 1. The monoisotopic (exact) mass is 367 g/mol. The normalized spacial score (nSPS) is 22.2. The maximum absolute atomic E-state index is 5.58. The summed E-state index contributed by atoms with van der Waals surface area (Å²) >= 11 is 0. The zero-order valence-corrected chi connectivity index (χ0v) is 18.7. The van der Waals surface area contributed by atoms with Crippen LogP contribution in [-0.4, -0.2) is 37.7 Å². The third-order valence-corrected chi connectivity index (χ3v) is 6.72. The molecule has 1 rings (SSSR count). The van der Waals surface area contributed by atoms with E-state index in [1.54, 1.807) is 0 Å². The Labute approximate surface area is 165 Å². The summed E-state index contributed by atoms with van der Waals surface area (Å²) in [6.07, 6.45) is 21.0. The van der Waals surface area contributed by atoms with Crippen molar-refractivity contribution in [3.8, 4) is 0 Å². The lowest BCUT2D eigenvalue weighted by Gasteiger charge is -2.32. The average molecular weight is 368 g/mol. The summed E-state index contributed by atoms with van der Waals surface area (Å²) in [6, 6.07) is 0.827. The second-order valence-electron chi connectivity index (χ2n) is 8.92. The van der Waals surface area contributed by atoms with Crippen molar-refractivity contribution >= 4 is 0 Å². The molecule has 0 radical (unpaired) electrons. The summed E-state index contributed by atoms with van der Waals surface area (Å²) in [6.45, 7) is 10.5. The molecule has 2 heteroatoms. The highest BCUT2D eigenvalue weighted by Crippen LogP contribution is 2.36. The Kier molecular flexibility index (Phi) is 13.7. The molecule has 0 bridgehead atoms. The van der Waals surface area contributed by atoms with Crippen LogP contribution in [0.3, 0.4) is 0 Å². The first kappa shape index (κ1) is 24.0. The molecule has 0 amide bonds. The van der Waals surface area contributed by atoms with Gasteiger partial charge in [-0.2, -0.15) is 0 Å². The minimum Gasteiger partial charge on any atom is -0.384 e. The van der Waals surface area contributed by atoms with Gasteiger partial charge in [0.25, 0.3) is 0 Å². The molecule has 1 aliphatic heterocycles. The topological polar surface area (TPSA) is 12.5 Å². The number of hydrogen-bond donors (Lipinski definition) is 0. The number of ether oxygens (including phenoxy) is 1. The number of hydrogen-bond acceptors (Lipinski definition) is 2. The molecule has 156 valence electrons. The van der Waals surface area contributed by atoms with Gasteiger partial charge in [0.2, 0.25) is 0 Å². The van der Waals surface area contributed by atoms with Gasteiger partial charge in [-0.25, -0.2) is 0 Å². The van der Waals surface area contributed by atoms with Gasteiger partial charge in [0, 0.05) is 25.1 Å². The van der Waals surface area contributed by atoms with Crippen LogP contribution in [0, 0.1) is 5.41 Å². The van der Waals surface area contributed by atoms with Gasteiger partial charge in [0.05, 0.1) is 6.61 Å². The predicted octanol–water partition coefficient (Wildman–Crippen LogP) is 7.21. The molecule has 0 aliphatic carbocycles. The quantitative estimate of drug-likeness (QED) is 0.252.